The van der Waals surface area contributed by atoms with Crippen molar-refractivity contribution >= 4 is 34.5 Å². The summed E-state index contributed by atoms with van der Waals surface area (Å²) in [6.45, 7) is 5.08. The van der Waals surface area contributed by atoms with Gasteiger partial charge < -0.3 is 30.2 Å². The lowest BCUT2D eigenvalue weighted by molar-refractivity contribution is -0.139. The Balaban J connectivity index is 1.52. The third kappa shape index (κ3) is 8.47. The molecule has 0 radical (unpaired) electrons. The molecule has 0 saturated carbocycles. The highest BCUT2D eigenvalue weighted by Crippen LogP contribution is 2.30. The summed E-state index contributed by atoms with van der Waals surface area (Å²) in [5.74, 6) is 4.65. The van der Waals surface area contributed by atoms with Gasteiger partial charge in [-0.3, -0.25) is 14.4 Å². The molecule has 1 aromatic heterocycles. The Labute approximate surface area is 256 Å². The molecule has 2 aromatic carbocycles. The smallest absolute Gasteiger partial charge is 0.408 e. The van der Waals surface area contributed by atoms with Crippen molar-refractivity contribution in [2.75, 3.05) is 13.7 Å². The number of primary amides is 1. The number of benzene rings is 2. The first-order chi connectivity index (χ1) is 20.9. The predicted octanol–water partition coefficient (Wildman–Crippen LogP) is 3.37. The van der Waals surface area contributed by atoms with E-state index in [-0.39, 0.29) is 25.8 Å². The Kier molecular flexibility index (Phi) is 10.1. The number of nitrogens with two attached hydrogens (primary N) is 1. The fourth-order valence-corrected chi connectivity index (χ4v) is 4.81. The first-order valence-corrected chi connectivity index (χ1v) is 14.2. The van der Waals surface area contributed by atoms with Crippen molar-refractivity contribution in [3.05, 3.63) is 66.4 Å². The Hall–Kier alpha value is -5.11. The molecule has 11 heteroatoms. The Bertz CT molecular complexity index is 1590. The van der Waals surface area contributed by atoms with Crippen molar-refractivity contribution in [2.45, 2.75) is 63.8 Å². The molecule has 1 fully saturated rings. The molecule has 44 heavy (non-hydrogen) atoms. The molecule has 0 spiro atoms. The maximum atomic E-state index is 13.8. The number of rotatable bonds is 9. The Morgan fingerprint density at radius 2 is 1.86 bits per heavy atom. The lowest BCUT2D eigenvalue weighted by atomic mass is 10.1. The number of hydrogen-bond donors (Lipinski definition) is 2. The summed E-state index contributed by atoms with van der Waals surface area (Å²) < 4.78 is 16.8. The van der Waals surface area contributed by atoms with Gasteiger partial charge in [0.2, 0.25) is 23.5 Å². The number of amides is 3. The van der Waals surface area contributed by atoms with Gasteiger partial charge in [0.1, 0.15) is 29.5 Å². The van der Waals surface area contributed by atoms with Gasteiger partial charge in [-0.1, -0.05) is 24.1 Å². The quantitative estimate of drug-likeness (QED) is 0.355. The minimum absolute atomic E-state index is 0.00885. The highest BCUT2D eigenvalue weighted by molar-refractivity contribution is 5.97. The van der Waals surface area contributed by atoms with E-state index >= 15 is 0 Å². The number of Topliss-reactive ketones (excluding diaryl/α,β-unsaturated/α-hetero) is 1. The van der Waals surface area contributed by atoms with Crippen LogP contribution in [0.1, 0.15) is 45.6 Å². The monoisotopic (exact) mass is 600 g/mol. The number of fused-ring (bicyclic) bond motifs is 1. The molecular formula is C33H36N4O7. The minimum Gasteiger partial charge on any atom is -0.497 e. The molecule has 3 N–H and O–H groups in total. The molecule has 3 amide bonds. The average Bonchev–Trinajstić information content (AvgIpc) is 3.41. The largest absolute Gasteiger partial charge is 0.497 e. The molecule has 230 valence electrons. The van der Waals surface area contributed by atoms with E-state index in [9.17, 15) is 19.2 Å². The molecule has 0 aliphatic carbocycles. The Morgan fingerprint density at radius 3 is 2.55 bits per heavy atom. The van der Waals surface area contributed by atoms with Gasteiger partial charge in [-0.25, -0.2) is 9.78 Å². The topological polar surface area (TPSA) is 150 Å². The van der Waals surface area contributed by atoms with Crippen LogP contribution in [-0.2, 0) is 19.1 Å². The highest BCUT2D eigenvalue weighted by atomic mass is 16.6. The third-order valence-corrected chi connectivity index (χ3v) is 6.86. The average molecular weight is 601 g/mol. The first-order valence-electron chi connectivity index (χ1n) is 14.2. The number of nitrogens with zero attached hydrogens (tertiary/aromatic N) is 2. The van der Waals surface area contributed by atoms with E-state index in [1.165, 1.54) is 4.90 Å². The SMILES string of the molecule is COc1ccc2c(O[C@@H]3C[C@@H](C(N)=O)N(C(=O)[C@H](CCC(=O)C#Cc4ccccc4)NC(=O)OC(C)(C)C)C3)nccc2c1. The molecule has 1 aliphatic rings. The summed E-state index contributed by atoms with van der Waals surface area (Å²) in [5.41, 5.74) is 5.55. The summed E-state index contributed by atoms with van der Waals surface area (Å²) in [6.07, 6.45) is 0.0777. The zero-order valence-electron chi connectivity index (χ0n) is 25.2. The molecular weight excluding hydrogens is 564 g/mol. The van der Waals surface area contributed by atoms with Gasteiger partial charge in [0.15, 0.2) is 0 Å². The van der Waals surface area contributed by atoms with Crippen molar-refractivity contribution in [1.82, 2.24) is 15.2 Å². The van der Waals surface area contributed by atoms with E-state index in [1.54, 1.807) is 52.3 Å². The fourth-order valence-electron chi connectivity index (χ4n) is 4.81. The lowest BCUT2D eigenvalue weighted by Gasteiger charge is -2.28. The molecule has 2 heterocycles. The standard InChI is InChI=1S/C33H36N4O7/c1-33(2,3)44-32(41)36-27(15-12-23(38)11-10-21-8-6-5-7-9-21)31(40)37-20-25(19-28(37)29(34)39)43-30-26-14-13-24(42-4)18-22(26)16-17-35-30/h5-9,13-14,16-18,25,27-28H,12,15,19-20H2,1-4H3,(H2,34,39)(H,36,41)/t25-,27+,28+/m1/s1. The van der Waals surface area contributed by atoms with Crippen molar-refractivity contribution in [1.29, 1.82) is 0 Å². The van der Waals surface area contributed by atoms with Crippen molar-refractivity contribution in [3.63, 3.8) is 0 Å². The van der Waals surface area contributed by atoms with E-state index in [2.05, 4.69) is 22.1 Å². The number of ether oxygens (including phenoxy) is 3. The first kappa shape index (κ1) is 31.8. The zero-order valence-corrected chi connectivity index (χ0v) is 25.2. The van der Waals surface area contributed by atoms with Crippen molar-refractivity contribution in [3.8, 4) is 23.5 Å². The normalized spacial score (nSPS) is 16.8. The van der Waals surface area contributed by atoms with Crippen molar-refractivity contribution in [2.24, 2.45) is 5.73 Å². The van der Waals surface area contributed by atoms with Crippen molar-refractivity contribution < 1.29 is 33.4 Å². The summed E-state index contributed by atoms with van der Waals surface area (Å²) in [6, 6.07) is 14.1. The van der Waals surface area contributed by atoms with Gasteiger partial charge in [-0.05, 0) is 74.9 Å². The van der Waals surface area contributed by atoms with E-state index < -0.39 is 47.5 Å². The van der Waals surface area contributed by atoms with Gasteiger partial charge in [0.25, 0.3) is 0 Å². The van der Waals surface area contributed by atoms with Crippen LogP contribution >= 0.6 is 0 Å². The summed E-state index contributed by atoms with van der Waals surface area (Å²) in [4.78, 5) is 57.2. The molecule has 0 unspecified atom stereocenters. The third-order valence-electron chi connectivity index (χ3n) is 6.86. The number of nitrogens with one attached hydrogen (secondary N) is 1. The number of aromatic nitrogens is 1. The van der Waals surface area contributed by atoms with Crippen LogP contribution in [0.15, 0.2) is 60.8 Å². The molecule has 4 rings (SSSR count). The second kappa shape index (κ2) is 13.9. The van der Waals surface area contributed by atoms with Crippen LogP contribution in [0.2, 0.25) is 0 Å². The Morgan fingerprint density at radius 1 is 1.11 bits per heavy atom. The fraction of sp³-hybridized carbons (Fsp3) is 0.364. The summed E-state index contributed by atoms with van der Waals surface area (Å²) in [7, 11) is 1.58. The molecule has 3 aromatic rings. The molecule has 3 atom stereocenters. The van der Waals surface area contributed by atoms with E-state index in [4.69, 9.17) is 19.9 Å². The van der Waals surface area contributed by atoms with Gasteiger partial charge in [-0.2, -0.15) is 0 Å². The number of likely N-dealkylation sites (tertiary alicyclic amines) is 1. The number of methoxy groups -OCH3 is 1. The highest BCUT2D eigenvalue weighted by Gasteiger charge is 2.42. The molecule has 1 saturated heterocycles. The van der Waals surface area contributed by atoms with E-state index in [0.717, 1.165) is 10.8 Å². The number of carbonyl (C=O) groups is 4. The van der Waals surface area contributed by atoms with Gasteiger partial charge in [-0.15, -0.1) is 0 Å². The molecule has 0 bridgehead atoms. The van der Waals surface area contributed by atoms with Gasteiger partial charge in [0, 0.05) is 30.0 Å². The van der Waals surface area contributed by atoms with Crippen LogP contribution in [0.4, 0.5) is 4.79 Å². The van der Waals surface area contributed by atoms with Crippen LogP contribution in [-0.4, -0.2) is 71.0 Å². The number of hydrogen-bond acceptors (Lipinski definition) is 8. The number of carbonyl (C=O) groups excluding carboxylic acids is 4. The maximum absolute atomic E-state index is 13.8. The second-order valence-corrected chi connectivity index (χ2v) is 11.4. The lowest BCUT2D eigenvalue weighted by Crippen LogP contribution is -2.53. The number of alkyl carbamates (subject to hydrolysis) is 1. The number of ketones is 1. The van der Waals surface area contributed by atoms with Crippen LogP contribution in [0, 0.1) is 11.8 Å². The molecule has 11 nitrogen and oxygen atoms in total. The van der Waals surface area contributed by atoms with Crippen LogP contribution in [0.5, 0.6) is 11.6 Å². The second-order valence-electron chi connectivity index (χ2n) is 11.4. The van der Waals surface area contributed by atoms with Gasteiger partial charge >= 0.3 is 6.09 Å². The predicted molar refractivity (Wildman–Crippen MR) is 163 cm³/mol. The van der Waals surface area contributed by atoms with Gasteiger partial charge in [0.05, 0.1) is 13.7 Å². The van der Waals surface area contributed by atoms with E-state index in [1.807, 2.05) is 36.4 Å². The zero-order chi connectivity index (χ0) is 31.9. The van der Waals surface area contributed by atoms with Crippen LogP contribution < -0.4 is 20.5 Å². The maximum Gasteiger partial charge on any atom is 0.408 e. The van der Waals surface area contributed by atoms with Crippen LogP contribution in [0.3, 0.4) is 0 Å². The van der Waals surface area contributed by atoms with E-state index in [0.29, 0.717) is 17.2 Å². The van der Waals surface area contributed by atoms with Crippen LogP contribution in [0.25, 0.3) is 10.8 Å². The summed E-state index contributed by atoms with van der Waals surface area (Å²) >= 11 is 0. The number of pyridine rings is 1. The minimum atomic E-state index is -1.18. The summed E-state index contributed by atoms with van der Waals surface area (Å²) in [5, 5.41) is 4.14. The molecule has 1 aliphatic heterocycles.